The summed E-state index contributed by atoms with van der Waals surface area (Å²) >= 11 is 0. The van der Waals surface area contributed by atoms with Gasteiger partial charge in [-0.3, -0.25) is 4.79 Å². The number of nitrogens with zero attached hydrogens (tertiary/aromatic N) is 2. The molecule has 4 rings (SSSR count). The van der Waals surface area contributed by atoms with Gasteiger partial charge in [0.05, 0.1) is 24.0 Å². The molecule has 3 aromatic carbocycles. The normalized spacial score (nSPS) is 13.1. The van der Waals surface area contributed by atoms with Gasteiger partial charge in [-0.05, 0) is 66.7 Å². The molecule has 3 N–H and O–H groups in total. The van der Waals surface area contributed by atoms with E-state index in [1.807, 2.05) is 0 Å². The fourth-order valence-electron chi connectivity index (χ4n) is 3.84. The quantitative estimate of drug-likeness (QED) is 0.368. The van der Waals surface area contributed by atoms with Gasteiger partial charge in [-0.25, -0.2) is 14.0 Å². The van der Waals surface area contributed by atoms with Crippen LogP contribution in [0, 0.1) is 5.82 Å². The number of carboxylic acid groups (broad SMARTS) is 2. The molecule has 0 spiro atoms. The molecule has 40 heavy (non-hydrogen) atoms. The highest BCUT2D eigenvalue weighted by molar-refractivity contribution is 6.06. The minimum absolute atomic E-state index is 0.0914. The van der Waals surface area contributed by atoms with E-state index in [1.165, 1.54) is 24.3 Å². The molecule has 3 aromatic rings. The van der Waals surface area contributed by atoms with Crippen LogP contribution >= 0.6 is 0 Å². The fourth-order valence-corrected chi connectivity index (χ4v) is 3.84. The molecule has 0 bridgehead atoms. The number of hydrogen-bond acceptors (Lipinski definition) is 6. The molecule has 0 unspecified atom stereocenters. The van der Waals surface area contributed by atoms with Crippen LogP contribution in [-0.4, -0.2) is 67.5 Å². The number of nitrogens with one attached hydrogen (secondary N) is 1. The lowest BCUT2D eigenvalue weighted by Crippen LogP contribution is -2.46. The van der Waals surface area contributed by atoms with Crippen molar-refractivity contribution in [3.05, 3.63) is 83.7 Å². The van der Waals surface area contributed by atoms with E-state index in [-0.39, 0.29) is 17.3 Å². The van der Waals surface area contributed by atoms with Crippen LogP contribution in [0.25, 0.3) is 0 Å². The Morgan fingerprint density at radius 2 is 1.35 bits per heavy atom. The first-order valence-electron chi connectivity index (χ1n) is 11.8. The van der Waals surface area contributed by atoms with Crippen LogP contribution in [0.1, 0.15) is 20.7 Å². The van der Waals surface area contributed by atoms with Crippen LogP contribution in [0.5, 0.6) is 5.75 Å². The highest BCUT2D eigenvalue weighted by Crippen LogP contribution is 2.30. The number of ether oxygens (including phenoxy) is 1. The van der Waals surface area contributed by atoms with Gasteiger partial charge in [-0.15, -0.1) is 0 Å². The fraction of sp³-hybridized carbons (Fsp3) is 0.222. The van der Waals surface area contributed by atoms with Crippen molar-refractivity contribution in [2.24, 2.45) is 0 Å². The van der Waals surface area contributed by atoms with Gasteiger partial charge in [0, 0.05) is 37.4 Å². The zero-order valence-electron chi connectivity index (χ0n) is 21.1. The molecule has 0 radical (unpaired) electrons. The van der Waals surface area contributed by atoms with E-state index in [2.05, 4.69) is 15.1 Å². The summed E-state index contributed by atoms with van der Waals surface area (Å²) in [5.41, 5.74) is 2.66. The van der Waals surface area contributed by atoms with Crippen LogP contribution in [0.4, 0.5) is 34.6 Å². The second-order valence-electron chi connectivity index (χ2n) is 8.47. The molecule has 13 heteroatoms. The number of benzene rings is 3. The van der Waals surface area contributed by atoms with Crippen molar-refractivity contribution in [2.45, 2.75) is 6.18 Å². The third-order valence-electron chi connectivity index (χ3n) is 5.90. The number of rotatable bonds is 6. The molecule has 1 saturated heterocycles. The lowest BCUT2D eigenvalue weighted by atomic mass is 10.1. The second kappa shape index (κ2) is 12.8. The number of carbonyl (C=O) groups is 3. The van der Waals surface area contributed by atoms with E-state index in [9.17, 15) is 32.3 Å². The number of amides is 1. The van der Waals surface area contributed by atoms with Crippen molar-refractivity contribution < 1.29 is 46.9 Å². The number of carboxylic acids is 2. The lowest BCUT2D eigenvalue weighted by molar-refractivity contribution is -0.192. The number of aliphatic carboxylic acids is 1. The van der Waals surface area contributed by atoms with Gasteiger partial charge in [0.1, 0.15) is 11.6 Å². The SMILES string of the molecule is COc1ccc(C(=O)Nc2cc(C(=O)O)ccc2N2CCN(c3ccc(F)cc3)CC2)cc1.O=C(O)C(F)(F)F. The first kappa shape index (κ1) is 29.7. The standard InChI is InChI=1S/C25H24FN3O4.C2HF3O2/c1-33-21-9-2-17(3-10-21)24(30)27-22-16-18(25(31)32)4-11-23(22)29-14-12-28(13-15-29)20-7-5-19(26)6-8-20;3-2(4,5)1(6)7/h2-11,16H,12-15H2,1H3,(H,27,30)(H,31,32);(H,6,7). The molecule has 1 aliphatic rings. The third kappa shape index (κ3) is 7.85. The number of alkyl halides is 3. The van der Waals surface area contributed by atoms with E-state index in [0.717, 1.165) is 11.4 Å². The maximum atomic E-state index is 13.2. The van der Waals surface area contributed by atoms with Gasteiger partial charge >= 0.3 is 18.1 Å². The second-order valence-corrected chi connectivity index (χ2v) is 8.47. The van der Waals surface area contributed by atoms with Gasteiger partial charge in [-0.1, -0.05) is 0 Å². The Bertz CT molecular complexity index is 1340. The average molecular weight is 564 g/mol. The Morgan fingerprint density at radius 3 is 1.85 bits per heavy atom. The summed E-state index contributed by atoms with van der Waals surface area (Å²) < 4.78 is 50.1. The van der Waals surface area contributed by atoms with Crippen molar-refractivity contribution >= 4 is 34.9 Å². The van der Waals surface area contributed by atoms with Gasteiger partial charge in [-0.2, -0.15) is 13.2 Å². The molecule has 1 aliphatic heterocycles. The summed E-state index contributed by atoms with van der Waals surface area (Å²) in [5, 5.41) is 19.4. The van der Waals surface area contributed by atoms with E-state index in [4.69, 9.17) is 14.6 Å². The molecule has 0 atom stereocenters. The van der Waals surface area contributed by atoms with Crippen molar-refractivity contribution in [3.63, 3.8) is 0 Å². The minimum Gasteiger partial charge on any atom is -0.497 e. The Kier molecular flexibility index (Phi) is 9.54. The molecule has 9 nitrogen and oxygen atoms in total. The topological polar surface area (TPSA) is 119 Å². The number of aromatic carboxylic acids is 1. The Labute approximate surface area is 226 Å². The van der Waals surface area contributed by atoms with Crippen molar-refractivity contribution in [3.8, 4) is 5.75 Å². The third-order valence-corrected chi connectivity index (χ3v) is 5.90. The average Bonchev–Trinajstić information content (AvgIpc) is 2.93. The predicted octanol–water partition coefficient (Wildman–Crippen LogP) is 4.74. The van der Waals surface area contributed by atoms with E-state index >= 15 is 0 Å². The highest BCUT2D eigenvalue weighted by atomic mass is 19.4. The smallest absolute Gasteiger partial charge is 0.490 e. The number of hydrogen-bond donors (Lipinski definition) is 3. The van der Waals surface area contributed by atoms with E-state index < -0.39 is 18.1 Å². The Balaban J connectivity index is 0.000000559. The molecule has 0 aliphatic carbocycles. The summed E-state index contributed by atoms with van der Waals surface area (Å²) in [6.45, 7) is 2.74. The number of methoxy groups -OCH3 is 1. The van der Waals surface area contributed by atoms with Crippen molar-refractivity contribution in [1.29, 1.82) is 0 Å². The molecule has 1 heterocycles. The molecule has 0 aromatic heterocycles. The number of halogens is 4. The maximum Gasteiger partial charge on any atom is 0.490 e. The first-order chi connectivity index (χ1) is 18.9. The number of anilines is 3. The lowest BCUT2D eigenvalue weighted by Gasteiger charge is -2.38. The molecule has 212 valence electrons. The highest BCUT2D eigenvalue weighted by Gasteiger charge is 2.38. The summed E-state index contributed by atoms with van der Waals surface area (Å²) in [7, 11) is 1.55. The Morgan fingerprint density at radius 1 is 0.825 bits per heavy atom. The molecular weight excluding hydrogens is 538 g/mol. The van der Waals surface area contributed by atoms with Crippen LogP contribution in [-0.2, 0) is 4.79 Å². The zero-order chi connectivity index (χ0) is 29.4. The van der Waals surface area contributed by atoms with Crippen LogP contribution in [0.3, 0.4) is 0 Å². The van der Waals surface area contributed by atoms with E-state index in [1.54, 1.807) is 49.6 Å². The van der Waals surface area contributed by atoms with E-state index in [0.29, 0.717) is 43.2 Å². The van der Waals surface area contributed by atoms with Gasteiger partial charge < -0.3 is 30.1 Å². The largest absolute Gasteiger partial charge is 0.497 e. The minimum atomic E-state index is -5.08. The van der Waals surface area contributed by atoms with Gasteiger partial charge in [0.15, 0.2) is 0 Å². The van der Waals surface area contributed by atoms with Gasteiger partial charge in [0.2, 0.25) is 0 Å². The first-order valence-corrected chi connectivity index (χ1v) is 11.8. The monoisotopic (exact) mass is 563 g/mol. The van der Waals surface area contributed by atoms with Gasteiger partial charge in [0.25, 0.3) is 5.91 Å². The number of piperazine rings is 1. The molecule has 1 fully saturated rings. The van der Waals surface area contributed by atoms with Crippen molar-refractivity contribution in [1.82, 2.24) is 0 Å². The number of carbonyl (C=O) groups excluding carboxylic acids is 1. The van der Waals surface area contributed by atoms with Crippen LogP contribution < -0.4 is 19.9 Å². The summed E-state index contributed by atoms with van der Waals surface area (Å²) in [6, 6.07) is 17.8. The molecule has 1 amide bonds. The molecular formula is C27H25F4N3O6. The summed E-state index contributed by atoms with van der Waals surface area (Å²) in [5.74, 6) is -3.80. The maximum absolute atomic E-state index is 13.2. The predicted molar refractivity (Wildman–Crippen MR) is 139 cm³/mol. The summed E-state index contributed by atoms with van der Waals surface area (Å²) in [4.78, 5) is 37.5. The Hall–Kier alpha value is -4.81. The van der Waals surface area contributed by atoms with Crippen LogP contribution in [0.2, 0.25) is 0 Å². The van der Waals surface area contributed by atoms with Crippen LogP contribution in [0.15, 0.2) is 66.7 Å². The summed E-state index contributed by atoms with van der Waals surface area (Å²) in [6.07, 6.45) is -5.08. The van der Waals surface area contributed by atoms with Crippen molar-refractivity contribution in [2.75, 3.05) is 48.4 Å². The zero-order valence-corrected chi connectivity index (χ0v) is 21.1. The molecule has 0 saturated carbocycles.